The number of carbonyl (C=O) groups is 1. The summed E-state index contributed by atoms with van der Waals surface area (Å²) in [5.74, 6) is -0.620. The minimum Gasteiger partial charge on any atom is -0.481 e. The van der Waals surface area contributed by atoms with E-state index in [0.29, 0.717) is 38.9 Å². The summed E-state index contributed by atoms with van der Waals surface area (Å²) >= 11 is 0. The topological polar surface area (TPSA) is 80.7 Å². The Morgan fingerprint density at radius 1 is 1.35 bits per heavy atom. The summed E-state index contributed by atoms with van der Waals surface area (Å²) < 4.78 is 27.8. The van der Waals surface area contributed by atoms with E-state index in [1.165, 1.54) is 0 Å². The number of ether oxygens (including phenoxy) is 1. The second-order valence-corrected chi connectivity index (χ2v) is 7.01. The molecule has 0 aromatic heterocycles. The first kappa shape index (κ1) is 14.4. The summed E-state index contributed by atoms with van der Waals surface area (Å²) in [7, 11) is -3.00. The lowest BCUT2D eigenvalue weighted by atomic mass is 9.76. The van der Waals surface area contributed by atoms with Gasteiger partial charge in [0.25, 0.3) is 0 Å². The first-order valence-electron chi connectivity index (χ1n) is 5.93. The lowest BCUT2D eigenvalue weighted by Crippen LogP contribution is -2.37. The van der Waals surface area contributed by atoms with Gasteiger partial charge in [-0.05, 0) is 25.7 Å². The fourth-order valence-electron chi connectivity index (χ4n) is 2.11. The molecular formula is C11H20O5S. The third-order valence-electron chi connectivity index (χ3n) is 3.45. The van der Waals surface area contributed by atoms with Gasteiger partial charge in [-0.2, -0.15) is 0 Å². The summed E-state index contributed by atoms with van der Waals surface area (Å²) in [6.07, 6.45) is 1.80. The van der Waals surface area contributed by atoms with Gasteiger partial charge in [-0.1, -0.05) is 6.92 Å². The van der Waals surface area contributed by atoms with Crippen molar-refractivity contribution in [2.75, 3.05) is 24.7 Å². The highest BCUT2D eigenvalue weighted by Gasteiger charge is 2.39. The molecule has 6 heteroatoms. The standard InChI is InChI=1S/C11H20O5S/c1-2-17(14,15)9-3-4-11(10(12)13)5-7-16-8-6-11/h2-9H2,1H3,(H,12,13). The zero-order chi connectivity index (χ0) is 12.9. The molecule has 0 unspecified atom stereocenters. The van der Waals surface area contributed by atoms with Crippen LogP contribution in [-0.4, -0.2) is 44.2 Å². The molecule has 1 saturated heterocycles. The van der Waals surface area contributed by atoms with Crippen LogP contribution in [0.2, 0.25) is 0 Å². The Morgan fingerprint density at radius 3 is 2.41 bits per heavy atom. The van der Waals surface area contributed by atoms with Gasteiger partial charge in [0, 0.05) is 19.0 Å². The van der Waals surface area contributed by atoms with Gasteiger partial charge in [0.1, 0.15) is 9.84 Å². The first-order valence-corrected chi connectivity index (χ1v) is 7.75. The average Bonchev–Trinajstić information content (AvgIpc) is 2.30. The fourth-order valence-corrected chi connectivity index (χ4v) is 2.98. The maximum Gasteiger partial charge on any atom is 0.309 e. The monoisotopic (exact) mass is 264 g/mol. The van der Waals surface area contributed by atoms with Gasteiger partial charge in [0.15, 0.2) is 0 Å². The Balaban J connectivity index is 2.54. The summed E-state index contributed by atoms with van der Waals surface area (Å²) in [5.41, 5.74) is -0.776. The third kappa shape index (κ3) is 3.96. The molecule has 0 bridgehead atoms. The van der Waals surface area contributed by atoms with Crippen molar-refractivity contribution in [3.8, 4) is 0 Å². The summed E-state index contributed by atoms with van der Waals surface area (Å²) in [5, 5.41) is 9.27. The highest BCUT2D eigenvalue weighted by atomic mass is 32.2. The predicted octanol–water partition coefficient (Wildman–Crippen LogP) is 1.08. The lowest BCUT2D eigenvalue weighted by molar-refractivity contribution is -0.155. The van der Waals surface area contributed by atoms with Gasteiger partial charge in [0.2, 0.25) is 0 Å². The highest BCUT2D eigenvalue weighted by molar-refractivity contribution is 7.91. The number of hydrogen-bond acceptors (Lipinski definition) is 4. The summed E-state index contributed by atoms with van der Waals surface area (Å²) in [6, 6.07) is 0. The number of sulfone groups is 1. The maximum absolute atomic E-state index is 11.3. The minimum absolute atomic E-state index is 0.0827. The second-order valence-electron chi connectivity index (χ2n) is 4.54. The second kappa shape index (κ2) is 5.82. The minimum atomic E-state index is -3.00. The van der Waals surface area contributed by atoms with Gasteiger partial charge in [-0.3, -0.25) is 4.79 Å². The Bertz CT molecular complexity index is 354. The SMILES string of the molecule is CCS(=O)(=O)CCCC1(C(=O)O)CCOCC1. The van der Waals surface area contributed by atoms with Crippen LogP contribution >= 0.6 is 0 Å². The Kier molecular flexibility index (Phi) is 4.94. The van der Waals surface area contributed by atoms with Crippen LogP contribution in [0.3, 0.4) is 0 Å². The molecule has 0 radical (unpaired) electrons. The van der Waals surface area contributed by atoms with Gasteiger partial charge in [-0.25, -0.2) is 8.42 Å². The molecule has 0 aliphatic carbocycles. The molecule has 5 nitrogen and oxygen atoms in total. The third-order valence-corrected chi connectivity index (χ3v) is 5.24. The van der Waals surface area contributed by atoms with Crippen molar-refractivity contribution in [2.24, 2.45) is 5.41 Å². The molecule has 1 aliphatic heterocycles. The van der Waals surface area contributed by atoms with E-state index in [9.17, 15) is 18.3 Å². The van der Waals surface area contributed by atoms with Crippen LogP contribution in [0.15, 0.2) is 0 Å². The first-order chi connectivity index (χ1) is 7.92. The largest absolute Gasteiger partial charge is 0.481 e. The smallest absolute Gasteiger partial charge is 0.309 e. The quantitative estimate of drug-likeness (QED) is 0.776. The van der Waals surface area contributed by atoms with Crippen LogP contribution in [0.4, 0.5) is 0 Å². The van der Waals surface area contributed by atoms with Crippen LogP contribution in [0.5, 0.6) is 0 Å². The van der Waals surface area contributed by atoms with Gasteiger partial charge >= 0.3 is 5.97 Å². The van der Waals surface area contributed by atoms with E-state index in [0.717, 1.165) is 0 Å². The van der Waals surface area contributed by atoms with Crippen molar-refractivity contribution < 1.29 is 23.1 Å². The molecular weight excluding hydrogens is 244 g/mol. The van der Waals surface area contributed by atoms with E-state index < -0.39 is 21.2 Å². The maximum atomic E-state index is 11.3. The number of carboxylic acids is 1. The van der Waals surface area contributed by atoms with E-state index in [4.69, 9.17) is 4.74 Å². The lowest BCUT2D eigenvalue weighted by Gasteiger charge is -2.33. The molecule has 100 valence electrons. The average molecular weight is 264 g/mol. The molecule has 0 amide bonds. The number of hydrogen-bond donors (Lipinski definition) is 1. The molecule has 1 rings (SSSR count). The number of rotatable bonds is 6. The predicted molar refractivity (Wildman–Crippen MR) is 63.7 cm³/mol. The zero-order valence-corrected chi connectivity index (χ0v) is 11.0. The number of carboxylic acid groups (broad SMARTS) is 1. The van der Waals surface area contributed by atoms with E-state index in [1.807, 2.05) is 0 Å². The van der Waals surface area contributed by atoms with Crippen molar-refractivity contribution in [1.29, 1.82) is 0 Å². The molecule has 1 aliphatic rings. The van der Waals surface area contributed by atoms with Crippen LogP contribution in [0.25, 0.3) is 0 Å². The van der Waals surface area contributed by atoms with Crippen LogP contribution in [-0.2, 0) is 19.4 Å². The fraction of sp³-hybridized carbons (Fsp3) is 0.909. The van der Waals surface area contributed by atoms with E-state index in [1.54, 1.807) is 6.92 Å². The van der Waals surface area contributed by atoms with Crippen molar-refractivity contribution in [2.45, 2.75) is 32.6 Å². The van der Waals surface area contributed by atoms with Crippen molar-refractivity contribution >= 4 is 15.8 Å². The van der Waals surface area contributed by atoms with Crippen molar-refractivity contribution in [1.82, 2.24) is 0 Å². The van der Waals surface area contributed by atoms with Gasteiger partial charge in [0.05, 0.1) is 11.2 Å². The molecule has 1 heterocycles. The van der Waals surface area contributed by atoms with Crippen molar-refractivity contribution in [3.05, 3.63) is 0 Å². The Labute approximate surface area is 102 Å². The Hall–Kier alpha value is -0.620. The van der Waals surface area contributed by atoms with Gasteiger partial charge < -0.3 is 9.84 Å². The molecule has 17 heavy (non-hydrogen) atoms. The summed E-state index contributed by atoms with van der Waals surface area (Å²) in [4.78, 5) is 11.3. The molecule has 1 fully saturated rings. The molecule has 1 N–H and O–H groups in total. The van der Waals surface area contributed by atoms with Crippen LogP contribution < -0.4 is 0 Å². The van der Waals surface area contributed by atoms with E-state index >= 15 is 0 Å². The van der Waals surface area contributed by atoms with Gasteiger partial charge in [-0.15, -0.1) is 0 Å². The van der Waals surface area contributed by atoms with E-state index in [-0.39, 0.29) is 11.5 Å². The number of aliphatic carboxylic acids is 1. The Morgan fingerprint density at radius 2 is 1.94 bits per heavy atom. The van der Waals surface area contributed by atoms with Crippen LogP contribution in [0.1, 0.15) is 32.6 Å². The van der Waals surface area contributed by atoms with Crippen LogP contribution in [0, 0.1) is 5.41 Å². The van der Waals surface area contributed by atoms with E-state index in [2.05, 4.69) is 0 Å². The summed E-state index contributed by atoms with van der Waals surface area (Å²) in [6.45, 7) is 2.51. The highest BCUT2D eigenvalue weighted by Crippen LogP contribution is 2.35. The molecule has 0 spiro atoms. The molecule has 0 aromatic carbocycles. The molecule has 0 atom stereocenters. The zero-order valence-electron chi connectivity index (χ0n) is 10.1. The van der Waals surface area contributed by atoms with Crippen molar-refractivity contribution in [3.63, 3.8) is 0 Å². The molecule has 0 saturated carbocycles. The molecule has 0 aromatic rings. The normalized spacial score (nSPS) is 20.1.